The van der Waals surface area contributed by atoms with Crippen LogP contribution in [-0.4, -0.2) is 15.9 Å². The largest absolute Gasteiger partial charge is 0.512 e. The number of aliphatic hydroxyl groups excluding tert-OH is 1. The van der Waals surface area contributed by atoms with Crippen LogP contribution in [0.5, 0.6) is 0 Å². The van der Waals surface area contributed by atoms with Gasteiger partial charge in [0.25, 0.3) is 0 Å². The summed E-state index contributed by atoms with van der Waals surface area (Å²) < 4.78 is 0. The number of pyridine rings is 1. The number of ketones is 1. The van der Waals surface area contributed by atoms with Crippen LogP contribution in [0.3, 0.4) is 0 Å². The minimum Gasteiger partial charge on any atom is -0.512 e. The van der Waals surface area contributed by atoms with E-state index in [9.17, 15) is 9.90 Å². The van der Waals surface area contributed by atoms with E-state index in [1.54, 1.807) is 0 Å². The number of fused-ring (bicyclic) bond motifs is 1. The van der Waals surface area contributed by atoms with Gasteiger partial charge in [0.15, 0.2) is 5.78 Å². The number of carbonyl (C=O) groups is 1. The quantitative estimate of drug-likeness (QED) is 0.161. The van der Waals surface area contributed by atoms with Gasteiger partial charge in [0.05, 0.1) is 5.52 Å². The Bertz CT molecular complexity index is 1610. The molecule has 2 aliphatic rings. The van der Waals surface area contributed by atoms with E-state index in [1.165, 1.54) is 27.3 Å². The average molecular weight is 753 g/mol. The number of carbonyl (C=O) groups excluding carboxylic acids is 1. The number of rotatable bonds is 8. The number of Topliss-reactive ketones (excluding diaryl/α,β-unsaturated/α-hetero) is 1. The minimum atomic E-state index is 0. The molecule has 0 saturated heterocycles. The molecule has 229 valence electrons. The minimum absolute atomic E-state index is 0. The Balaban J connectivity index is 0.000000228. The van der Waals surface area contributed by atoms with Crippen molar-refractivity contribution in [2.75, 3.05) is 0 Å². The third-order valence-electron chi connectivity index (χ3n) is 9.19. The maximum Gasteiger partial charge on any atom is 0.165 e. The van der Waals surface area contributed by atoms with E-state index >= 15 is 0 Å². The molecule has 0 saturated carbocycles. The van der Waals surface area contributed by atoms with Crippen LogP contribution in [-0.2, 0) is 24.9 Å². The van der Waals surface area contributed by atoms with E-state index < -0.39 is 0 Å². The Kier molecular flexibility index (Phi) is 12.5. The number of hydrogen-bond donors (Lipinski definition) is 1. The van der Waals surface area contributed by atoms with Gasteiger partial charge in [-0.1, -0.05) is 108 Å². The second-order valence-electron chi connectivity index (χ2n) is 11.4. The van der Waals surface area contributed by atoms with Gasteiger partial charge in [0.1, 0.15) is 5.76 Å². The van der Waals surface area contributed by atoms with Crippen LogP contribution in [0.2, 0.25) is 0 Å². The van der Waals surface area contributed by atoms with Crippen molar-refractivity contribution in [3.63, 3.8) is 0 Å². The third kappa shape index (κ3) is 7.03. The summed E-state index contributed by atoms with van der Waals surface area (Å²) in [5.74, 6) is 1.47. The molecule has 1 radical (unpaired) electrons. The summed E-state index contributed by atoms with van der Waals surface area (Å²) in [5.41, 5.74) is 6.36. The second kappa shape index (κ2) is 15.6. The summed E-state index contributed by atoms with van der Waals surface area (Å²) >= 11 is 0. The van der Waals surface area contributed by atoms with E-state index in [1.807, 2.05) is 6.07 Å². The zero-order valence-electron chi connectivity index (χ0n) is 25.2. The Labute approximate surface area is 271 Å². The summed E-state index contributed by atoms with van der Waals surface area (Å²) in [5, 5.41) is 14.2. The number of aromatic nitrogens is 1. The zero-order valence-corrected chi connectivity index (χ0v) is 27.6. The fraction of sp³-hybridized carbons (Fsp3) is 0.385. The van der Waals surface area contributed by atoms with Crippen molar-refractivity contribution in [1.82, 2.24) is 4.98 Å². The Hall–Kier alpha value is -3.07. The van der Waals surface area contributed by atoms with Gasteiger partial charge in [0, 0.05) is 42.9 Å². The molecule has 0 bridgehead atoms. The number of hydrogen-bond acceptors (Lipinski definition) is 3. The van der Waals surface area contributed by atoms with Gasteiger partial charge < -0.3 is 5.11 Å². The number of benzene rings is 3. The average Bonchev–Trinajstić information content (AvgIpc) is 3.43. The molecular weight excluding hydrogens is 707 g/mol. The number of allylic oxidation sites excluding steroid dienone is 2. The molecule has 3 aromatic carbocycles. The Morgan fingerprint density at radius 1 is 0.953 bits per heavy atom. The molecule has 1 unspecified atom stereocenters. The molecule has 43 heavy (non-hydrogen) atoms. The van der Waals surface area contributed by atoms with Crippen LogP contribution in [0.4, 0.5) is 0 Å². The van der Waals surface area contributed by atoms with Gasteiger partial charge in [-0.25, -0.2) is 0 Å². The maximum atomic E-state index is 12.5. The molecule has 0 spiro atoms. The van der Waals surface area contributed by atoms with E-state index in [4.69, 9.17) is 4.98 Å². The van der Waals surface area contributed by atoms with Crippen LogP contribution in [0.25, 0.3) is 45.1 Å². The first-order valence-corrected chi connectivity index (χ1v) is 15.5. The molecule has 0 aliphatic heterocycles. The fourth-order valence-corrected chi connectivity index (χ4v) is 6.76. The monoisotopic (exact) mass is 753 g/mol. The molecule has 4 heteroatoms. The van der Waals surface area contributed by atoms with Gasteiger partial charge in [0.2, 0.25) is 0 Å². The van der Waals surface area contributed by atoms with E-state index in [0.29, 0.717) is 11.7 Å². The van der Waals surface area contributed by atoms with Gasteiger partial charge in [-0.3, -0.25) is 9.78 Å². The van der Waals surface area contributed by atoms with Crippen molar-refractivity contribution in [1.29, 1.82) is 0 Å². The molecule has 0 amide bonds. The Morgan fingerprint density at radius 2 is 1.67 bits per heavy atom. The molecule has 4 aromatic rings. The van der Waals surface area contributed by atoms with Crippen LogP contribution in [0, 0.1) is 23.8 Å². The first-order chi connectivity index (χ1) is 20.0. The molecule has 1 aromatic heterocycles. The molecule has 1 heterocycles. The summed E-state index contributed by atoms with van der Waals surface area (Å²) in [7, 11) is 0. The normalized spacial score (nSPS) is 15.3. The van der Waals surface area contributed by atoms with Crippen LogP contribution >= 0.6 is 0 Å². The van der Waals surface area contributed by atoms with E-state index in [-0.39, 0.29) is 45.2 Å². The first-order valence-electron chi connectivity index (χ1n) is 15.5. The van der Waals surface area contributed by atoms with Gasteiger partial charge >= 0.3 is 0 Å². The fourth-order valence-electron chi connectivity index (χ4n) is 6.76. The predicted molar refractivity (Wildman–Crippen MR) is 179 cm³/mol. The Morgan fingerprint density at radius 3 is 2.40 bits per heavy atom. The molecule has 1 N–H and O–H groups in total. The smallest absolute Gasteiger partial charge is 0.165 e. The van der Waals surface area contributed by atoms with Gasteiger partial charge in [-0.05, 0) is 60.9 Å². The molecule has 2 aliphatic carbocycles. The van der Waals surface area contributed by atoms with Crippen molar-refractivity contribution < 1.29 is 30.0 Å². The number of aliphatic hydroxyl groups is 1. The third-order valence-corrected chi connectivity index (χ3v) is 9.19. The van der Waals surface area contributed by atoms with Gasteiger partial charge in [-0.15, -0.1) is 29.1 Å². The standard InChI is InChI=1S/C21H12N.C17H30O2.CH4.Ir/c1-2-8-17-14(5-1)6-3-9-18(17)20-13-16-12-11-15-7-4-10-19(22-20)21(15)16;1-5-12(6-2)14-10-9-11-15(17(14)19)16(18)13(7-3)8-4;;/h1-8,10-13H;12-14,19H,5-11H2,1-4H3;1H4;/q-1;;;. The van der Waals surface area contributed by atoms with E-state index in [2.05, 4.69) is 101 Å². The van der Waals surface area contributed by atoms with Gasteiger partial charge in [-0.2, -0.15) is 0 Å². The first kappa shape index (κ1) is 34.4. The summed E-state index contributed by atoms with van der Waals surface area (Å²) in [4.78, 5) is 17.4. The SMILES string of the molecule is C.CCC(CC)C(=O)C1=C(O)C(C(CC)CC)CCC1.[Ir].[c-]1ccc2ccccc2c1-c1cc2c3c(cccc3n1)C=C2. The molecule has 6 rings (SSSR count). The molecule has 3 nitrogen and oxygen atoms in total. The van der Waals surface area contributed by atoms with Crippen molar-refractivity contribution in [2.45, 2.75) is 80.1 Å². The molecular formula is C39H46IrNO2-. The zero-order chi connectivity index (χ0) is 28.9. The second-order valence-corrected chi connectivity index (χ2v) is 11.4. The topological polar surface area (TPSA) is 50.2 Å². The summed E-state index contributed by atoms with van der Waals surface area (Å²) in [6.07, 6.45) is 11.1. The predicted octanol–water partition coefficient (Wildman–Crippen LogP) is 11.0. The van der Waals surface area contributed by atoms with E-state index in [0.717, 1.165) is 67.3 Å². The van der Waals surface area contributed by atoms with Crippen LogP contribution in [0.1, 0.15) is 91.2 Å². The summed E-state index contributed by atoms with van der Waals surface area (Å²) in [6.45, 7) is 8.48. The van der Waals surface area contributed by atoms with Crippen molar-refractivity contribution in [3.8, 4) is 11.3 Å². The molecule has 1 atom stereocenters. The van der Waals surface area contributed by atoms with Crippen molar-refractivity contribution in [3.05, 3.63) is 89.2 Å². The maximum absolute atomic E-state index is 12.5. The van der Waals surface area contributed by atoms with Crippen LogP contribution < -0.4 is 0 Å². The van der Waals surface area contributed by atoms with Crippen LogP contribution in [0.15, 0.2) is 72.0 Å². The van der Waals surface area contributed by atoms with Crippen molar-refractivity contribution >= 4 is 39.6 Å². The number of nitrogens with zero attached hydrogens (tertiary/aromatic N) is 1. The molecule has 0 fully saturated rings. The van der Waals surface area contributed by atoms with Crippen molar-refractivity contribution in [2.24, 2.45) is 17.8 Å². The summed E-state index contributed by atoms with van der Waals surface area (Å²) in [6, 6.07) is 24.3.